The van der Waals surface area contributed by atoms with E-state index in [1.165, 1.54) is 0 Å². The van der Waals surface area contributed by atoms with Crippen molar-refractivity contribution in [1.82, 2.24) is 0 Å². The number of hydrogen-bond acceptors (Lipinski definition) is 5. The maximum absolute atomic E-state index is 13.1. The second-order valence-corrected chi connectivity index (χ2v) is 7.12. The van der Waals surface area contributed by atoms with Gasteiger partial charge in [-0.25, -0.2) is 0 Å². The number of Topliss-reactive ketones (excluding diaryl/α,β-unsaturated/α-hetero) is 4. The second-order valence-electron chi connectivity index (χ2n) is 7.12. The first-order valence-electron chi connectivity index (χ1n) is 9.09. The summed E-state index contributed by atoms with van der Waals surface area (Å²) >= 11 is 0. The molecule has 28 heavy (non-hydrogen) atoms. The summed E-state index contributed by atoms with van der Waals surface area (Å²) in [6.45, 7) is 0.185. The Morgan fingerprint density at radius 3 is 1.75 bits per heavy atom. The third kappa shape index (κ3) is 2.26. The molecule has 3 aromatic carbocycles. The lowest BCUT2D eigenvalue weighted by atomic mass is 9.75. The minimum Gasteiger partial charge on any atom is -0.384 e. The molecule has 1 N–H and O–H groups in total. The maximum atomic E-state index is 13.1. The lowest BCUT2D eigenvalue weighted by Gasteiger charge is -2.26. The third-order valence-corrected chi connectivity index (χ3v) is 5.53. The van der Waals surface area contributed by atoms with Gasteiger partial charge in [-0.05, 0) is 24.3 Å². The molecule has 2 aliphatic carbocycles. The Hall–Kier alpha value is -3.60. The van der Waals surface area contributed by atoms with Crippen LogP contribution in [0, 0.1) is 5.92 Å². The highest BCUT2D eigenvalue weighted by Gasteiger charge is 2.38. The van der Waals surface area contributed by atoms with Crippen LogP contribution in [-0.4, -0.2) is 29.7 Å². The van der Waals surface area contributed by atoms with Crippen LogP contribution >= 0.6 is 0 Å². The molecule has 0 amide bonds. The van der Waals surface area contributed by atoms with Gasteiger partial charge in [0.05, 0.1) is 6.42 Å². The van der Waals surface area contributed by atoms with E-state index >= 15 is 0 Å². The fourth-order valence-corrected chi connectivity index (χ4v) is 4.16. The average molecular weight is 369 g/mol. The molecule has 0 aliphatic heterocycles. The summed E-state index contributed by atoms with van der Waals surface area (Å²) in [5.74, 6) is -1.95. The first-order valence-corrected chi connectivity index (χ1v) is 9.09. The summed E-state index contributed by atoms with van der Waals surface area (Å²) in [4.78, 5) is 50.8. The number of nitrogens with one attached hydrogen (secondary N) is 1. The van der Waals surface area contributed by atoms with Gasteiger partial charge >= 0.3 is 0 Å². The molecule has 2 aliphatic rings. The predicted octanol–water partition coefficient (Wildman–Crippen LogP) is 3.72. The molecule has 0 bridgehead atoms. The first kappa shape index (κ1) is 16.6. The zero-order chi connectivity index (χ0) is 19.4. The SMILES string of the molecule is O=C1CC(=O)c2ccc3c4c(ccc1c24)C(=O)C(CNc1ccccc1)C3=O. The molecule has 0 fully saturated rings. The highest BCUT2D eigenvalue weighted by atomic mass is 16.2. The van der Waals surface area contributed by atoms with Crippen LogP contribution in [0.4, 0.5) is 5.69 Å². The number of anilines is 1. The molecule has 0 aromatic heterocycles. The van der Waals surface area contributed by atoms with Crippen LogP contribution in [0.1, 0.15) is 47.9 Å². The first-order chi connectivity index (χ1) is 13.6. The van der Waals surface area contributed by atoms with Crippen LogP contribution in [0.2, 0.25) is 0 Å². The summed E-state index contributed by atoms with van der Waals surface area (Å²) in [6, 6.07) is 15.8. The van der Waals surface area contributed by atoms with E-state index in [0.29, 0.717) is 33.0 Å². The van der Waals surface area contributed by atoms with E-state index in [1.807, 2.05) is 30.3 Å². The topological polar surface area (TPSA) is 80.3 Å². The molecule has 5 nitrogen and oxygen atoms in total. The Labute approximate surface area is 160 Å². The number of carbonyl (C=O) groups excluding carboxylic acids is 4. The third-order valence-electron chi connectivity index (χ3n) is 5.53. The molecule has 0 heterocycles. The Balaban J connectivity index is 1.63. The van der Waals surface area contributed by atoms with E-state index in [4.69, 9.17) is 0 Å². The molecule has 0 radical (unpaired) electrons. The Morgan fingerprint density at radius 2 is 1.18 bits per heavy atom. The van der Waals surface area contributed by atoms with Crippen LogP contribution in [0.25, 0.3) is 10.8 Å². The van der Waals surface area contributed by atoms with Crippen LogP contribution in [-0.2, 0) is 0 Å². The van der Waals surface area contributed by atoms with Crippen molar-refractivity contribution in [3.8, 4) is 0 Å². The normalized spacial score (nSPS) is 16.0. The Morgan fingerprint density at radius 1 is 0.679 bits per heavy atom. The number of para-hydroxylation sites is 1. The lowest BCUT2D eigenvalue weighted by Crippen LogP contribution is -2.35. The zero-order valence-electron chi connectivity index (χ0n) is 14.8. The molecule has 5 rings (SSSR count). The highest BCUT2D eigenvalue weighted by Crippen LogP contribution is 2.38. The summed E-state index contributed by atoms with van der Waals surface area (Å²) in [5, 5.41) is 4.05. The molecular weight excluding hydrogens is 354 g/mol. The van der Waals surface area contributed by atoms with Gasteiger partial charge in [-0.3, -0.25) is 19.2 Å². The Bertz CT molecular complexity index is 1140. The van der Waals surface area contributed by atoms with Crippen LogP contribution in [0.3, 0.4) is 0 Å². The monoisotopic (exact) mass is 369 g/mol. The molecule has 3 aromatic rings. The molecule has 0 atom stereocenters. The molecule has 0 saturated heterocycles. The van der Waals surface area contributed by atoms with E-state index in [2.05, 4.69) is 5.32 Å². The van der Waals surface area contributed by atoms with Crippen molar-refractivity contribution in [2.24, 2.45) is 5.92 Å². The smallest absolute Gasteiger partial charge is 0.176 e. The van der Waals surface area contributed by atoms with Crippen molar-refractivity contribution < 1.29 is 19.2 Å². The van der Waals surface area contributed by atoms with E-state index in [0.717, 1.165) is 5.69 Å². The zero-order valence-corrected chi connectivity index (χ0v) is 14.8. The van der Waals surface area contributed by atoms with Gasteiger partial charge < -0.3 is 5.32 Å². The van der Waals surface area contributed by atoms with Crippen LogP contribution < -0.4 is 5.32 Å². The molecule has 136 valence electrons. The van der Waals surface area contributed by atoms with Gasteiger partial charge in [-0.2, -0.15) is 0 Å². The number of hydrogen-bond donors (Lipinski definition) is 1. The molecule has 0 unspecified atom stereocenters. The van der Waals surface area contributed by atoms with E-state index in [-0.39, 0.29) is 36.1 Å². The van der Waals surface area contributed by atoms with Gasteiger partial charge in [0.1, 0.15) is 5.92 Å². The number of rotatable bonds is 3. The van der Waals surface area contributed by atoms with Crippen LogP contribution in [0.15, 0.2) is 54.6 Å². The van der Waals surface area contributed by atoms with Gasteiger partial charge in [0.2, 0.25) is 0 Å². The van der Waals surface area contributed by atoms with Crippen molar-refractivity contribution in [1.29, 1.82) is 0 Å². The maximum Gasteiger partial charge on any atom is 0.176 e. The lowest BCUT2D eigenvalue weighted by molar-refractivity contribution is 0.0807. The van der Waals surface area contributed by atoms with Gasteiger partial charge in [-0.1, -0.05) is 30.3 Å². The quantitative estimate of drug-likeness (QED) is 0.712. The second kappa shape index (κ2) is 5.96. The van der Waals surface area contributed by atoms with E-state index in [1.54, 1.807) is 24.3 Å². The number of benzene rings is 3. The van der Waals surface area contributed by atoms with Crippen molar-refractivity contribution in [2.75, 3.05) is 11.9 Å². The number of ketones is 4. The van der Waals surface area contributed by atoms with Gasteiger partial charge in [-0.15, -0.1) is 0 Å². The summed E-state index contributed by atoms with van der Waals surface area (Å²) in [7, 11) is 0. The van der Waals surface area contributed by atoms with Crippen LogP contribution in [0.5, 0.6) is 0 Å². The minimum atomic E-state index is -0.845. The summed E-state index contributed by atoms with van der Waals surface area (Å²) in [6.07, 6.45) is -0.174. The minimum absolute atomic E-state index is 0.174. The highest BCUT2D eigenvalue weighted by molar-refractivity contribution is 6.36. The predicted molar refractivity (Wildman–Crippen MR) is 104 cm³/mol. The molecule has 0 saturated carbocycles. The molecular formula is C23H15NO4. The Kier molecular flexibility index (Phi) is 3.52. The number of carbonyl (C=O) groups is 4. The van der Waals surface area contributed by atoms with Crippen molar-refractivity contribution in [3.63, 3.8) is 0 Å². The summed E-state index contributed by atoms with van der Waals surface area (Å²) in [5.41, 5.74) is 2.46. The van der Waals surface area contributed by atoms with Gasteiger partial charge in [0, 0.05) is 45.3 Å². The largest absolute Gasteiger partial charge is 0.384 e. The van der Waals surface area contributed by atoms with E-state index in [9.17, 15) is 19.2 Å². The summed E-state index contributed by atoms with van der Waals surface area (Å²) < 4.78 is 0. The van der Waals surface area contributed by atoms with Crippen molar-refractivity contribution >= 4 is 39.6 Å². The average Bonchev–Trinajstić information content (AvgIpc) is 2.71. The standard InChI is InChI=1S/C23H15NO4/c25-18-10-19(26)14-7-9-16-21-15(8-6-13(18)20(14)21)22(27)17(23(16)28)11-24-12-4-2-1-3-5-12/h1-9,17,24H,10-11H2. The van der Waals surface area contributed by atoms with Crippen molar-refractivity contribution in [3.05, 3.63) is 76.9 Å². The fourth-order valence-electron chi connectivity index (χ4n) is 4.16. The van der Waals surface area contributed by atoms with Gasteiger partial charge in [0.15, 0.2) is 23.1 Å². The molecule has 0 spiro atoms. The fraction of sp³-hybridized carbons (Fsp3) is 0.130. The van der Waals surface area contributed by atoms with E-state index < -0.39 is 5.92 Å². The molecule has 5 heteroatoms. The van der Waals surface area contributed by atoms with Crippen molar-refractivity contribution in [2.45, 2.75) is 6.42 Å². The van der Waals surface area contributed by atoms with Gasteiger partial charge in [0.25, 0.3) is 0 Å².